The van der Waals surface area contributed by atoms with Crippen LogP contribution in [-0.2, 0) is 0 Å². The van der Waals surface area contributed by atoms with Crippen molar-refractivity contribution in [3.05, 3.63) is 9.47 Å². The Bertz CT molecular complexity index is 82.9. The standard InChI is InChI=1S/C7H12Br2/c1-2-3-4-5-6-7(8)9/h6H,2-5H2,1H3. The van der Waals surface area contributed by atoms with Gasteiger partial charge in [0.15, 0.2) is 0 Å². The summed E-state index contributed by atoms with van der Waals surface area (Å²) in [4.78, 5) is 0. The van der Waals surface area contributed by atoms with Crippen molar-refractivity contribution in [2.45, 2.75) is 32.6 Å². The summed E-state index contributed by atoms with van der Waals surface area (Å²) in [5.74, 6) is 0. The summed E-state index contributed by atoms with van der Waals surface area (Å²) in [6, 6.07) is 0. The molecule has 0 saturated carbocycles. The molecule has 0 aliphatic carbocycles. The molecule has 0 radical (unpaired) electrons. The van der Waals surface area contributed by atoms with Gasteiger partial charge in [-0.05, 0) is 44.7 Å². The predicted octanol–water partition coefficient (Wildman–Crippen LogP) is 4.20. The molecule has 0 aromatic carbocycles. The summed E-state index contributed by atoms with van der Waals surface area (Å²) in [6.07, 6.45) is 7.27. The molecule has 0 unspecified atom stereocenters. The fourth-order valence-electron chi connectivity index (χ4n) is 0.606. The molecule has 0 rings (SSSR count). The molecule has 0 aromatic rings. The number of allylic oxidation sites excluding steroid dienone is 1. The van der Waals surface area contributed by atoms with E-state index in [1.165, 1.54) is 25.7 Å². The molecule has 0 saturated heterocycles. The van der Waals surface area contributed by atoms with Crippen LogP contribution >= 0.6 is 31.9 Å². The zero-order chi connectivity index (χ0) is 7.11. The van der Waals surface area contributed by atoms with E-state index in [0.29, 0.717) is 0 Å². The van der Waals surface area contributed by atoms with Crippen LogP contribution in [0.3, 0.4) is 0 Å². The van der Waals surface area contributed by atoms with E-state index in [2.05, 4.69) is 44.9 Å². The molecule has 2 heteroatoms. The SMILES string of the molecule is CCCCCC=C(Br)Br. The maximum atomic E-state index is 3.30. The van der Waals surface area contributed by atoms with E-state index in [4.69, 9.17) is 0 Å². The van der Waals surface area contributed by atoms with Crippen molar-refractivity contribution in [1.29, 1.82) is 0 Å². The molecule has 0 amide bonds. The van der Waals surface area contributed by atoms with Gasteiger partial charge in [0.05, 0.1) is 3.39 Å². The highest BCUT2D eigenvalue weighted by atomic mass is 79.9. The fraction of sp³-hybridized carbons (Fsp3) is 0.714. The van der Waals surface area contributed by atoms with Crippen molar-refractivity contribution in [3.63, 3.8) is 0 Å². The van der Waals surface area contributed by atoms with E-state index in [1.54, 1.807) is 0 Å². The maximum absolute atomic E-state index is 3.30. The van der Waals surface area contributed by atoms with Crippen LogP contribution in [0.2, 0.25) is 0 Å². The van der Waals surface area contributed by atoms with Crippen LogP contribution in [0.25, 0.3) is 0 Å². The van der Waals surface area contributed by atoms with E-state index in [9.17, 15) is 0 Å². The quantitative estimate of drug-likeness (QED) is 0.661. The van der Waals surface area contributed by atoms with Crippen LogP contribution in [0.1, 0.15) is 32.6 Å². The Morgan fingerprint density at radius 3 is 2.44 bits per heavy atom. The van der Waals surface area contributed by atoms with Crippen LogP contribution in [0.4, 0.5) is 0 Å². The summed E-state index contributed by atoms with van der Waals surface area (Å²) in [7, 11) is 0. The third-order valence-electron chi connectivity index (χ3n) is 1.11. The first-order valence-electron chi connectivity index (χ1n) is 3.28. The van der Waals surface area contributed by atoms with Crippen molar-refractivity contribution in [3.8, 4) is 0 Å². The Hall–Kier alpha value is 0.700. The third-order valence-corrected chi connectivity index (χ3v) is 1.75. The van der Waals surface area contributed by atoms with Crippen molar-refractivity contribution in [2.75, 3.05) is 0 Å². The van der Waals surface area contributed by atoms with Gasteiger partial charge in [-0.1, -0.05) is 25.8 Å². The number of unbranched alkanes of at least 4 members (excludes halogenated alkanes) is 3. The van der Waals surface area contributed by atoms with Gasteiger partial charge in [-0.2, -0.15) is 0 Å². The first-order chi connectivity index (χ1) is 4.27. The number of hydrogen-bond acceptors (Lipinski definition) is 0. The summed E-state index contributed by atoms with van der Waals surface area (Å²) in [5, 5.41) is 0. The molecule has 0 bridgehead atoms. The lowest BCUT2D eigenvalue weighted by atomic mass is 10.2. The minimum absolute atomic E-state index is 1.08. The average Bonchev–Trinajstić information content (AvgIpc) is 1.80. The van der Waals surface area contributed by atoms with Gasteiger partial charge in [0.1, 0.15) is 0 Å². The lowest BCUT2D eigenvalue weighted by Gasteiger charge is -1.90. The van der Waals surface area contributed by atoms with Gasteiger partial charge in [0.2, 0.25) is 0 Å². The van der Waals surface area contributed by atoms with Crippen molar-refractivity contribution in [2.24, 2.45) is 0 Å². The molecule has 0 aliphatic rings. The zero-order valence-corrected chi connectivity index (χ0v) is 8.83. The minimum atomic E-state index is 1.08. The number of halogens is 2. The highest BCUT2D eigenvalue weighted by Gasteiger charge is 1.83. The van der Waals surface area contributed by atoms with Gasteiger partial charge in [0.25, 0.3) is 0 Å². The Labute approximate surface area is 74.0 Å². The highest BCUT2D eigenvalue weighted by Crippen LogP contribution is 2.14. The maximum Gasteiger partial charge on any atom is 0.0564 e. The van der Waals surface area contributed by atoms with Crippen molar-refractivity contribution >= 4 is 31.9 Å². The molecular weight excluding hydrogens is 244 g/mol. The van der Waals surface area contributed by atoms with E-state index in [0.717, 1.165) is 3.39 Å². The highest BCUT2D eigenvalue weighted by molar-refractivity contribution is 9.28. The molecule has 0 N–H and O–H groups in total. The summed E-state index contributed by atoms with van der Waals surface area (Å²) in [5.41, 5.74) is 0. The Balaban J connectivity index is 3.00. The summed E-state index contributed by atoms with van der Waals surface area (Å²) >= 11 is 6.61. The Morgan fingerprint density at radius 2 is 2.00 bits per heavy atom. The van der Waals surface area contributed by atoms with Crippen LogP contribution < -0.4 is 0 Å². The molecule has 0 heterocycles. The Kier molecular flexibility index (Phi) is 7.34. The number of hydrogen-bond donors (Lipinski definition) is 0. The second kappa shape index (κ2) is 6.81. The van der Waals surface area contributed by atoms with E-state index >= 15 is 0 Å². The molecule has 0 aromatic heterocycles. The monoisotopic (exact) mass is 254 g/mol. The largest absolute Gasteiger partial charge is 0.0654 e. The number of rotatable bonds is 4. The van der Waals surface area contributed by atoms with Crippen LogP contribution in [0.5, 0.6) is 0 Å². The van der Waals surface area contributed by atoms with Gasteiger partial charge in [-0.25, -0.2) is 0 Å². The van der Waals surface area contributed by atoms with Crippen molar-refractivity contribution in [1.82, 2.24) is 0 Å². The van der Waals surface area contributed by atoms with Crippen LogP contribution in [-0.4, -0.2) is 0 Å². The molecule has 9 heavy (non-hydrogen) atoms. The molecule has 0 aliphatic heterocycles. The second-order valence-electron chi connectivity index (χ2n) is 1.99. The smallest absolute Gasteiger partial charge is 0.0564 e. The first-order valence-corrected chi connectivity index (χ1v) is 4.87. The second-order valence-corrected chi connectivity index (χ2v) is 4.76. The summed E-state index contributed by atoms with van der Waals surface area (Å²) < 4.78 is 1.08. The van der Waals surface area contributed by atoms with Gasteiger partial charge >= 0.3 is 0 Å². The topological polar surface area (TPSA) is 0 Å². The molecule has 0 nitrogen and oxygen atoms in total. The molecular formula is C7H12Br2. The van der Waals surface area contributed by atoms with Crippen LogP contribution in [0, 0.1) is 0 Å². The zero-order valence-electron chi connectivity index (χ0n) is 5.66. The average molecular weight is 256 g/mol. The van der Waals surface area contributed by atoms with Gasteiger partial charge in [-0.3, -0.25) is 0 Å². The first kappa shape index (κ1) is 9.70. The third kappa shape index (κ3) is 8.70. The lowest BCUT2D eigenvalue weighted by Crippen LogP contribution is -1.69. The molecule has 0 spiro atoms. The van der Waals surface area contributed by atoms with Gasteiger partial charge in [-0.15, -0.1) is 0 Å². The van der Waals surface area contributed by atoms with E-state index < -0.39 is 0 Å². The lowest BCUT2D eigenvalue weighted by molar-refractivity contribution is 0.729. The van der Waals surface area contributed by atoms with Crippen molar-refractivity contribution < 1.29 is 0 Å². The predicted molar refractivity (Wildman–Crippen MR) is 50.1 cm³/mol. The summed E-state index contributed by atoms with van der Waals surface area (Å²) in [6.45, 7) is 2.22. The van der Waals surface area contributed by atoms with Gasteiger partial charge in [0, 0.05) is 0 Å². The minimum Gasteiger partial charge on any atom is -0.0654 e. The molecule has 0 fully saturated rings. The Morgan fingerprint density at radius 1 is 1.33 bits per heavy atom. The molecule has 54 valence electrons. The normalized spacial score (nSPS) is 9.22. The van der Waals surface area contributed by atoms with Crippen LogP contribution in [0.15, 0.2) is 9.47 Å². The molecule has 0 atom stereocenters. The fourth-order valence-corrected chi connectivity index (χ4v) is 1.06. The van der Waals surface area contributed by atoms with E-state index in [-0.39, 0.29) is 0 Å². The van der Waals surface area contributed by atoms with Gasteiger partial charge < -0.3 is 0 Å². The van der Waals surface area contributed by atoms with E-state index in [1.807, 2.05) is 0 Å².